The zero-order chi connectivity index (χ0) is 43.7. The van der Waals surface area contributed by atoms with Crippen molar-refractivity contribution in [1.82, 2.24) is 16.0 Å². The van der Waals surface area contributed by atoms with Crippen LogP contribution in [-0.2, 0) is 64.9 Å². The van der Waals surface area contributed by atoms with Crippen LogP contribution in [-0.4, -0.2) is 101 Å². The SMILES string of the molecule is CCCCO[C@H](C)CC(=O)N[C@H](CCCNC(=O)[C@H](CCOP(=O)(OCCCC)OCCCC)NC(=O)C[C@@H](C)OC(C)=O)COP(=O)(OCCCC)OCCCC. The molecule has 17 nitrogen and oxygen atoms in total. The number of carbonyl (C=O) groups is 4. The summed E-state index contributed by atoms with van der Waals surface area (Å²) in [6, 6.07) is -1.73. The van der Waals surface area contributed by atoms with Gasteiger partial charge in [-0.3, -0.25) is 46.3 Å². The molecule has 0 aliphatic rings. The zero-order valence-electron chi connectivity index (χ0n) is 36.7. The third-order valence-corrected chi connectivity index (χ3v) is 11.3. The average molecular weight is 874 g/mol. The maximum absolute atomic E-state index is 13.5. The van der Waals surface area contributed by atoms with Crippen molar-refractivity contribution in [3.05, 3.63) is 0 Å². The van der Waals surface area contributed by atoms with Gasteiger partial charge < -0.3 is 25.4 Å². The molecule has 0 saturated carbocycles. The topological polar surface area (TPSA) is 212 Å². The fraction of sp³-hybridized carbons (Fsp3) is 0.897. The van der Waals surface area contributed by atoms with Crippen LogP contribution in [0.4, 0.5) is 0 Å². The lowest BCUT2D eigenvalue weighted by molar-refractivity contribution is -0.147. The molecule has 3 amide bonds. The lowest BCUT2D eigenvalue weighted by Gasteiger charge is -2.24. The van der Waals surface area contributed by atoms with Crippen molar-refractivity contribution < 1.29 is 64.9 Å². The van der Waals surface area contributed by atoms with Gasteiger partial charge in [0.25, 0.3) is 0 Å². The molecule has 19 heteroatoms. The Morgan fingerprint density at radius 2 is 1.00 bits per heavy atom. The molecule has 0 rings (SSSR count). The number of carbonyl (C=O) groups excluding carboxylic acids is 4. The Hall–Kier alpha value is -1.94. The summed E-state index contributed by atoms with van der Waals surface area (Å²) in [6.07, 6.45) is 7.19. The second kappa shape index (κ2) is 34.7. The van der Waals surface area contributed by atoms with E-state index in [2.05, 4.69) is 22.9 Å². The van der Waals surface area contributed by atoms with Crippen LogP contribution in [0.3, 0.4) is 0 Å². The lowest BCUT2D eigenvalue weighted by Crippen LogP contribution is -2.48. The van der Waals surface area contributed by atoms with Gasteiger partial charge >= 0.3 is 21.6 Å². The van der Waals surface area contributed by atoms with E-state index >= 15 is 0 Å². The molecular formula is C39H77N3O14P2. The maximum Gasteiger partial charge on any atom is 0.474 e. The highest BCUT2D eigenvalue weighted by atomic mass is 31.2. The third kappa shape index (κ3) is 30.1. The first-order valence-electron chi connectivity index (χ1n) is 21.4. The quantitative estimate of drug-likeness (QED) is 0.0307. The highest BCUT2D eigenvalue weighted by molar-refractivity contribution is 7.48. The Morgan fingerprint density at radius 1 is 0.552 bits per heavy atom. The number of hydrogen-bond donors (Lipinski definition) is 3. The summed E-state index contributed by atoms with van der Waals surface area (Å²) in [5, 5.41) is 8.42. The summed E-state index contributed by atoms with van der Waals surface area (Å²) in [5.41, 5.74) is 0. The Kier molecular flexibility index (Phi) is 33.6. The smallest absolute Gasteiger partial charge is 0.462 e. The van der Waals surface area contributed by atoms with Crippen LogP contribution in [0, 0.1) is 0 Å². The van der Waals surface area contributed by atoms with Crippen LogP contribution in [0.25, 0.3) is 0 Å². The first-order chi connectivity index (χ1) is 27.7. The van der Waals surface area contributed by atoms with E-state index in [9.17, 15) is 28.3 Å². The summed E-state index contributed by atoms with van der Waals surface area (Å²) in [6.45, 7) is 15.5. The predicted octanol–water partition coefficient (Wildman–Crippen LogP) is 7.70. The van der Waals surface area contributed by atoms with Crippen molar-refractivity contribution in [2.45, 2.75) is 176 Å². The maximum atomic E-state index is 13.5. The second-order valence-corrected chi connectivity index (χ2v) is 17.6. The number of amides is 3. The molecule has 3 N–H and O–H groups in total. The minimum atomic E-state index is -3.93. The van der Waals surface area contributed by atoms with Crippen molar-refractivity contribution in [2.75, 3.05) is 52.8 Å². The molecule has 0 spiro atoms. The molecule has 0 unspecified atom stereocenters. The van der Waals surface area contributed by atoms with E-state index in [1.165, 1.54) is 6.92 Å². The van der Waals surface area contributed by atoms with Crippen LogP contribution < -0.4 is 16.0 Å². The number of rotatable bonds is 39. The minimum Gasteiger partial charge on any atom is -0.462 e. The molecule has 0 saturated heterocycles. The first-order valence-corrected chi connectivity index (χ1v) is 24.3. The number of esters is 1. The molecular weight excluding hydrogens is 796 g/mol. The lowest BCUT2D eigenvalue weighted by atomic mass is 10.1. The fourth-order valence-electron chi connectivity index (χ4n) is 4.99. The van der Waals surface area contributed by atoms with Crippen LogP contribution in [0.15, 0.2) is 0 Å². The van der Waals surface area contributed by atoms with E-state index in [0.717, 1.165) is 38.5 Å². The molecule has 4 atom stereocenters. The molecule has 0 aromatic carbocycles. The molecule has 0 fully saturated rings. The van der Waals surface area contributed by atoms with E-state index in [0.29, 0.717) is 45.1 Å². The third-order valence-electron chi connectivity index (χ3n) is 8.34. The van der Waals surface area contributed by atoms with Gasteiger partial charge in [0.1, 0.15) is 12.1 Å². The second-order valence-electron chi connectivity index (χ2n) is 14.2. The predicted molar refractivity (Wildman–Crippen MR) is 222 cm³/mol. The summed E-state index contributed by atoms with van der Waals surface area (Å²) in [5.74, 6) is -1.92. The number of phosphoric ester groups is 2. The Labute approximate surface area is 348 Å². The first kappa shape index (κ1) is 56.1. The number of hydrogen-bond acceptors (Lipinski definition) is 14. The summed E-state index contributed by atoms with van der Waals surface area (Å²) >= 11 is 0. The average Bonchev–Trinajstić information content (AvgIpc) is 3.15. The van der Waals surface area contributed by atoms with E-state index in [4.69, 9.17) is 36.6 Å². The molecule has 342 valence electrons. The fourth-order valence-corrected chi connectivity index (χ4v) is 7.54. The van der Waals surface area contributed by atoms with Gasteiger partial charge in [0.2, 0.25) is 17.7 Å². The summed E-state index contributed by atoms with van der Waals surface area (Å²) in [4.78, 5) is 50.9. The molecule has 0 radical (unpaired) electrons. The van der Waals surface area contributed by atoms with Crippen molar-refractivity contribution in [3.8, 4) is 0 Å². The minimum absolute atomic E-state index is 0.0752. The van der Waals surface area contributed by atoms with E-state index < -0.39 is 51.6 Å². The van der Waals surface area contributed by atoms with Gasteiger partial charge in [-0.1, -0.05) is 66.7 Å². The molecule has 58 heavy (non-hydrogen) atoms. The molecule has 0 bridgehead atoms. The molecule has 0 aromatic heterocycles. The van der Waals surface area contributed by atoms with Crippen LogP contribution in [0.5, 0.6) is 0 Å². The summed E-state index contributed by atoms with van der Waals surface area (Å²) < 4.78 is 71.1. The molecule has 0 heterocycles. The number of phosphoric acid groups is 2. The normalized spacial score (nSPS) is 14.0. The van der Waals surface area contributed by atoms with Crippen molar-refractivity contribution >= 4 is 39.3 Å². The van der Waals surface area contributed by atoms with Gasteiger partial charge in [-0.25, -0.2) is 9.13 Å². The van der Waals surface area contributed by atoms with Gasteiger partial charge in [0, 0.05) is 26.5 Å². The standard InChI is InChI=1S/C39H77N3O14P2/c1-9-14-23-49-32(6)29-37(44)41-35(31-55-58(48,52-26-17-12-4)53-27-18-13-5)20-19-22-40-39(46)36(42-38(45)30-33(7)56-34(8)43)21-28-54-57(47,50-24-15-10-2)51-25-16-11-3/h32-33,35-36H,9-31H2,1-8H3,(H,40,46)(H,41,44)(H,42,45)/t32-,33-,35-,36+/m1/s1. The van der Waals surface area contributed by atoms with E-state index in [1.807, 2.05) is 34.6 Å². The monoisotopic (exact) mass is 873 g/mol. The number of ether oxygens (including phenoxy) is 2. The zero-order valence-corrected chi connectivity index (χ0v) is 38.5. The summed E-state index contributed by atoms with van der Waals surface area (Å²) in [7, 11) is -7.86. The molecule has 0 aliphatic heterocycles. The Bertz CT molecular complexity index is 1190. The van der Waals surface area contributed by atoms with E-state index in [-0.39, 0.29) is 77.5 Å². The number of unbranched alkanes of at least 4 members (excludes halogenated alkanes) is 5. The van der Waals surface area contributed by atoms with Crippen molar-refractivity contribution in [3.63, 3.8) is 0 Å². The Morgan fingerprint density at radius 3 is 1.50 bits per heavy atom. The highest BCUT2D eigenvalue weighted by Gasteiger charge is 2.30. The molecule has 0 aliphatic carbocycles. The van der Waals surface area contributed by atoms with Crippen molar-refractivity contribution in [1.29, 1.82) is 0 Å². The van der Waals surface area contributed by atoms with Crippen LogP contribution >= 0.6 is 15.6 Å². The largest absolute Gasteiger partial charge is 0.474 e. The Balaban J connectivity index is 5.83. The van der Waals surface area contributed by atoms with Crippen LogP contribution in [0.1, 0.15) is 152 Å². The van der Waals surface area contributed by atoms with Crippen LogP contribution in [0.2, 0.25) is 0 Å². The van der Waals surface area contributed by atoms with E-state index in [1.54, 1.807) is 6.92 Å². The van der Waals surface area contributed by atoms with Gasteiger partial charge in [-0.05, 0) is 58.8 Å². The van der Waals surface area contributed by atoms with Gasteiger partial charge in [0.15, 0.2) is 0 Å². The van der Waals surface area contributed by atoms with Gasteiger partial charge in [-0.15, -0.1) is 0 Å². The highest BCUT2D eigenvalue weighted by Crippen LogP contribution is 2.50. The van der Waals surface area contributed by atoms with Crippen molar-refractivity contribution in [2.24, 2.45) is 0 Å². The van der Waals surface area contributed by atoms with Gasteiger partial charge in [-0.2, -0.15) is 0 Å². The number of nitrogens with one attached hydrogen (secondary N) is 3. The van der Waals surface area contributed by atoms with Gasteiger partial charge in [0.05, 0.1) is 64.6 Å². The molecule has 0 aromatic rings.